The van der Waals surface area contributed by atoms with Gasteiger partial charge in [0, 0.05) is 17.8 Å². The lowest BCUT2D eigenvalue weighted by Gasteiger charge is -1.98. The van der Waals surface area contributed by atoms with Crippen LogP contribution in [0.3, 0.4) is 0 Å². The first kappa shape index (κ1) is 6.93. The van der Waals surface area contributed by atoms with Gasteiger partial charge in [-0.05, 0) is 12.1 Å². The van der Waals surface area contributed by atoms with Crippen LogP contribution in [0.4, 0.5) is 5.95 Å². The molecule has 0 saturated carbocycles. The minimum absolute atomic E-state index is 0.376. The molecule has 2 aromatic rings. The van der Waals surface area contributed by atoms with Crippen LogP contribution in [-0.4, -0.2) is 15.0 Å². The molecule has 0 amide bonds. The third-order valence-corrected chi connectivity index (χ3v) is 1.48. The highest BCUT2D eigenvalue weighted by atomic mass is 15.3. The van der Waals surface area contributed by atoms with Crippen LogP contribution in [0.5, 0.6) is 0 Å². The number of fused-ring (bicyclic) bond motifs is 1. The summed E-state index contributed by atoms with van der Waals surface area (Å²) < 4.78 is 0. The zero-order valence-corrected chi connectivity index (χ0v) is 6.23. The molecule has 2 aromatic heterocycles. The number of pyridine rings is 1. The summed E-state index contributed by atoms with van der Waals surface area (Å²) in [5, 5.41) is 0.900. The number of nitrogen functional groups attached to an aromatic ring is 1. The molecule has 5 nitrogen and oxygen atoms in total. The third kappa shape index (κ3) is 1.06. The van der Waals surface area contributed by atoms with Gasteiger partial charge >= 0.3 is 0 Å². The lowest BCUT2D eigenvalue weighted by atomic mass is 10.3. The Kier molecular flexibility index (Phi) is 1.56. The molecule has 0 aromatic carbocycles. The normalized spacial score (nSPS) is 10.1. The second-order valence-corrected chi connectivity index (χ2v) is 2.25. The molecule has 0 bridgehead atoms. The zero-order chi connectivity index (χ0) is 8.39. The molecule has 0 saturated heterocycles. The van der Waals surface area contributed by atoms with Crippen molar-refractivity contribution in [1.82, 2.24) is 15.0 Å². The van der Waals surface area contributed by atoms with Crippen LogP contribution in [0.1, 0.15) is 0 Å². The Morgan fingerprint density at radius 3 is 3.08 bits per heavy atom. The van der Waals surface area contributed by atoms with E-state index >= 15 is 0 Å². The highest BCUT2D eigenvalue weighted by Crippen LogP contribution is 2.07. The van der Waals surface area contributed by atoms with Crippen molar-refractivity contribution < 1.29 is 0 Å². The number of hydrogen-bond acceptors (Lipinski definition) is 5. The van der Waals surface area contributed by atoms with Crippen molar-refractivity contribution in [1.29, 1.82) is 0 Å². The van der Waals surface area contributed by atoms with Crippen LogP contribution in [0.15, 0.2) is 24.5 Å². The van der Waals surface area contributed by atoms with E-state index in [1.54, 1.807) is 12.4 Å². The maximum absolute atomic E-state index is 5.14. The summed E-state index contributed by atoms with van der Waals surface area (Å²) in [6.07, 6.45) is 3.35. The molecule has 0 unspecified atom stereocenters. The number of anilines is 1. The molecule has 0 spiro atoms. The first-order chi connectivity index (χ1) is 5.90. The molecule has 12 heavy (non-hydrogen) atoms. The van der Waals surface area contributed by atoms with Crippen LogP contribution in [0, 0.1) is 0 Å². The molecule has 0 atom stereocenters. The number of hydrazine groups is 1. The molecule has 0 aliphatic heterocycles. The van der Waals surface area contributed by atoms with Crippen molar-refractivity contribution in [2.75, 3.05) is 5.43 Å². The second-order valence-electron chi connectivity index (χ2n) is 2.25. The second kappa shape index (κ2) is 2.71. The molecule has 0 aliphatic carbocycles. The average Bonchev–Trinajstić information content (AvgIpc) is 2.17. The van der Waals surface area contributed by atoms with Gasteiger partial charge in [-0.2, -0.15) is 4.98 Å². The lowest BCUT2D eigenvalue weighted by molar-refractivity contribution is 1.13. The molecule has 3 N–H and O–H groups in total. The fraction of sp³-hybridized carbons (Fsp3) is 0. The Morgan fingerprint density at radius 2 is 2.25 bits per heavy atom. The van der Waals surface area contributed by atoms with Crippen LogP contribution in [0.25, 0.3) is 11.0 Å². The minimum atomic E-state index is 0.376. The summed E-state index contributed by atoms with van der Waals surface area (Å²) in [6, 6.07) is 3.73. The van der Waals surface area contributed by atoms with Gasteiger partial charge in [0.2, 0.25) is 5.95 Å². The Balaban J connectivity index is 2.67. The molecule has 60 valence electrons. The van der Waals surface area contributed by atoms with Crippen molar-refractivity contribution in [3.05, 3.63) is 24.5 Å². The van der Waals surface area contributed by atoms with Crippen molar-refractivity contribution in [2.45, 2.75) is 0 Å². The van der Waals surface area contributed by atoms with Gasteiger partial charge in [0.05, 0.1) is 0 Å². The summed E-state index contributed by atoms with van der Waals surface area (Å²) in [6.45, 7) is 0. The van der Waals surface area contributed by atoms with E-state index in [0.29, 0.717) is 11.6 Å². The van der Waals surface area contributed by atoms with E-state index in [1.165, 1.54) is 0 Å². The van der Waals surface area contributed by atoms with E-state index in [9.17, 15) is 0 Å². The molecule has 0 fully saturated rings. The molecule has 2 rings (SSSR count). The lowest BCUT2D eigenvalue weighted by Crippen LogP contribution is -2.10. The highest BCUT2D eigenvalue weighted by molar-refractivity contribution is 5.73. The molecule has 0 radical (unpaired) electrons. The molecule has 2 heterocycles. The number of nitrogens with two attached hydrogens (primary N) is 1. The summed E-state index contributed by atoms with van der Waals surface area (Å²) in [5.74, 6) is 5.51. The third-order valence-electron chi connectivity index (χ3n) is 1.48. The topological polar surface area (TPSA) is 76.7 Å². The van der Waals surface area contributed by atoms with E-state index in [0.717, 1.165) is 5.39 Å². The van der Waals surface area contributed by atoms with Gasteiger partial charge in [-0.3, -0.25) is 5.43 Å². The van der Waals surface area contributed by atoms with Gasteiger partial charge in [-0.1, -0.05) is 0 Å². The number of hydrogen-bond donors (Lipinski definition) is 2. The van der Waals surface area contributed by atoms with Crippen molar-refractivity contribution in [2.24, 2.45) is 5.84 Å². The SMILES string of the molecule is NNc1ncc2cccnc2n1. The Morgan fingerprint density at radius 1 is 1.33 bits per heavy atom. The van der Waals surface area contributed by atoms with Crippen LogP contribution in [0.2, 0.25) is 0 Å². The van der Waals surface area contributed by atoms with E-state index in [4.69, 9.17) is 5.84 Å². The summed E-state index contributed by atoms with van der Waals surface area (Å²) in [7, 11) is 0. The number of rotatable bonds is 1. The van der Waals surface area contributed by atoms with Gasteiger partial charge in [-0.25, -0.2) is 15.8 Å². The molecule has 0 aliphatic rings. The maximum atomic E-state index is 5.14. The van der Waals surface area contributed by atoms with E-state index in [2.05, 4.69) is 20.4 Å². The summed E-state index contributed by atoms with van der Waals surface area (Å²) in [5.41, 5.74) is 3.00. The quantitative estimate of drug-likeness (QED) is 0.465. The maximum Gasteiger partial charge on any atom is 0.239 e. The molecular formula is C7H7N5. The minimum Gasteiger partial charge on any atom is -0.292 e. The number of aromatic nitrogens is 3. The van der Waals surface area contributed by atoms with Gasteiger partial charge < -0.3 is 0 Å². The van der Waals surface area contributed by atoms with Gasteiger partial charge in [0.15, 0.2) is 5.65 Å². The van der Waals surface area contributed by atoms with E-state index < -0.39 is 0 Å². The monoisotopic (exact) mass is 161 g/mol. The molecule has 5 heteroatoms. The summed E-state index contributed by atoms with van der Waals surface area (Å²) >= 11 is 0. The van der Waals surface area contributed by atoms with E-state index in [-0.39, 0.29) is 0 Å². The van der Waals surface area contributed by atoms with Crippen LogP contribution >= 0.6 is 0 Å². The predicted molar refractivity (Wildman–Crippen MR) is 45.1 cm³/mol. The smallest absolute Gasteiger partial charge is 0.239 e. The standard InChI is InChI=1S/C7H7N5/c8-12-7-10-4-5-2-1-3-9-6(5)11-7/h1-4H,8H2,(H,9,10,11,12). The predicted octanol–water partition coefficient (Wildman–Crippen LogP) is 0.310. The van der Waals surface area contributed by atoms with Crippen molar-refractivity contribution in [3.8, 4) is 0 Å². The average molecular weight is 161 g/mol. The van der Waals surface area contributed by atoms with Gasteiger partial charge in [0.25, 0.3) is 0 Å². The highest BCUT2D eigenvalue weighted by Gasteiger charge is 1.96. The van der Waals surface area contributed by atoms with Crippen LogP contribution < -0.4 is 11.3 Å². The zero-order valence-electron chi connectivity index (χ0n) is 6.23. The van der Waals surface area contributed by atoms with Gasteiger partial charge in [0.1, 0.15) is 0 Å². The Bertz CT molecular complexity index is 400. The number of nitrogens with zero attached hydrogens (tertiary/aromatic N) is 3. The fourth-order valence-corrected chi connectivity index (χ4v) is 0.933. The Hall–Kier alpha value is -1.75. The largest absolute Gasteiger partial charge is 0.292 e. The van der Waals surface area contributed by atoms with Gasteiger partial charge in [-0.15, -0.1) is 0 Å². The number of nitrogens with one attached hydrogen (secondary N) is 1. The summed E-state index contributed by atoms with van der Waals surface area (Å²) in [4.78, 5) is 12.0. The van der Waals surface area contributed by atoms with E-state index in [1.807, 2.05) is 12.1 Å². The Labute approximate surface area is 68.6 Å². The van der Waals surface area contributed by atoms with Crippen molar-refractivity contribution in [3.63, 3.8) is 0 Å². The first-order valence-electron chi connectivity index (χ1n) is 3.44. The molecular weight excluding hydrogens is 154 g/mol. The first-order valence-corrected chi connectivity index (χ1v) is 3.44. The van der Waals surface area contributed by atoms with Crippen LogP contribution in [-0.2, 0) is 0 Å². The fourth-order valence-electron chi connectivity index (χ4n) is 0.933. The van der Waals surface area contributed by atoms with Crippen molar-refractivity contribution >= 4 is 17.0 Å².